The van der Waals surface area contributed by atoms with Gasteiger partial charge in [-0.25, -0.2) is 12.8 Å². The SMILES string of the molecule is Cc1cc(C2=NOC(c3cc(Cl)c(F)c(Cl)c3)(C(F)(F)F)C2)ccc1C(=O)N(C)C1CCS(=O)(=O)C1. The van der Waals surface area contributed by atoms with E-state index in [9.17, 15) is 30.8 Å². The van der Waals surface area contributed by atoms with Gasteiger partial charge in [-0.15, -0.1) is 0 Å². The number of nitrogens with zero attached hydrogens (tertiary/aromatic N) is 2. The molecular formula is C23H20Cl2F4N2O4S. The Morgan fingerprint density at radius 3 is 2.36 bits per heavy atom. The van der Waals surface area contributed by atoms with Crippen LogP contribution in [0.5, 0.6) is 0 Å². The van der Waals surface area contributed by atoms with Crippen molar-refractivity contribution >= 4 is 44.7 Å². The second-order valence-corrected chi connectivity index (χ2v) is 11.9. The number of rotatable bonds is 4. The smallest absolute Gasteiger partial charge is 0.374 e. The van der Waals surface area contributed by atoms with Crippen molar-refractivity contribution in [3.05, 3.63) is 68.4 Å². The lowest BCUT2D eigenvalue weighted by molar-refractivity contribution is -0.275. The first kappa shape index (κ1) is 26.7. The van der Waals surface area contributed by atoms with Crippen molar-refractivity contribution in [2.75, 3.05) is 18.6 Å². The minimum atomic E-state index is -4.95. The Labute approximate surface area is 214 Å². The van der Waals surface area contributed by atoms with E-state index in [0.29, 0.717) is 17.5 Å². The van der Waals surface area contributed by atoms with E-state index in [4.69, 9.17) is 28.0 Å². The first-order chi connectivity index (χ1) is 16.6. The summed E-state index contributed by atoms with van der Waals surface area (Å²) >= 11 is 11.5. The molecule has 13 heteroatoms. The molecule has 1 saturated heterocycles. The summed E-state index contributed by atoms with van der Waals surface area (Å²) in [4.78, 5) is 19.3. The van der Waals surface area contributed by atoms with Crippen molar-refractivity contribution < 1.29 is 35.6 Å². The second-order valence-electron chi connectivity index (χ2n) is 8.89. The number of alkyl halides is 3. The van der Waals surface area contributed by atoms with Crippen LogP contribution in [0.25, 0.3) is 0 Å². The molecule has 0 aliphatic carbocycles. The van der Waals surface area contributed by atoms with Crippen LogP contribution in [-0.4, -0.2) is 55.7 Å². The Morgan fingerprint density at radius 1 is 1.19 bits per heavy atom. The molecule has 2 heterocycles. The van der Waals surface area contributed by atoms with Gasteiger partial charge in [-0.05, 0) is 48.7 Å². The maximum absolute atomic E-state index is 14.2. The average molecular weight is 567 g/mol. The molecule has 0 radical (unpaired) electrons. The van der Waals surface area contributed by atoms with Crippen molar-refractivity contribution in [1.82, 2.24) is 4.90 Å². The number of amides is 1. The van der Waals surface area contributed by atoms with E-state index in [2.05, 4.69) is 5.16 Å². The van der Waals surface area contributed by atoms with Crippen molar-refractivity contribution in [3.63, 3.8) is 0 Å². The Hall–Kier alpha value is -2.37. The van der Waals surface area contributed by atoms with E-state index >= 15 is 0 Å². The summed E-state index contributed by atoms with van der Waals surface area (Å²) in [6.45, 7) is 1.61. The second kappa shape index (κ2) is 9.18. The molecule has 0 bridgehead atoms. The summed E-state index contributed by atoms with van der Waals surface area (Å²) in [5, 5.41) is 2.49. The zero-order chi connectivity index (χ0) is 26.6. The number of oxime groups is 1. The maximum atomic E-state index is 14.2. The van der Waals surface area contributed by atoms with E-state index in [1.54, 1.807) is 6.92 Å². The molecule has 1 fully saturated rings. The molecule has 1 amide bonds. The van der Waals surface area contributed by atoms with Crippen molar-refractivity contribution in [2.24, 2.45) is 5.16 Å². The molecule has 2 aromatic carbocycles. The summed E-state index contributed by atoms with van der Waals surface area (Å²) in [7, 11) is -1.67. The molecule has 0 spiro atoms. The maximum Gasteiger partial charge on any atom is 0.435 e. The highest BCUT2D eigenvalue weighted by atomic mass is 35.5. The van der Waals surface area contributed by atoms with Crippen LogP contribution in [0.3, 0.4) is 0 Å². The molecule has 36 heavy (non-hydrogen) atoms. The number of carbonyl (C=O) groups is 1. The quantitative estimate of drug-likeness (QED) is 0.372. The Morgan fingerprint density at radius 2 is 1.83 bits per heavy atom. The van der Waals surface area contributed by atoms with E-state index < -0.39 is 61.4 Å². The summed E-state index contributed by atoms with van der Waals surface area (Å²) in [6.07, 6.45) is -5.34. The highest BCUT2D eigenvalue weighted by Gasteiger charge is 2.62. The van der Waals surface area contributed by atoms with Gasteiger partial charge in [0.25, 0.3) is 11.5 Å². The van der Waals surface area contributed by atoms with Gasteiger partial charge in [0.2, 0.25) is 0 Å². The molecular weight excluding hydrogens is 547 g/mol. The third kappa shape index (κ3) is 4.68. The zero-order valence-corrected chi connectivity index (χ0v) is 21.3. The number of hydrogen-bond donors (Lipinski definition) is 0. The van der Waals surface area contributed by atoms with Crippen LogP contribution in [0, 0.1) is 12.7 Å². The molecule has 2 aromatic rings. The van der Waals surface area contributed by atoms with Crippen LogP contribution < -0.4 is 0 Å². The van der Waals surface area contributed by atoms with Gasteiger partial charge >= 0.3 is 6.18 Å². The van der Waals surface area contributed by atoms with Gasteiger partial charge < -0.3 is 9.74 Å². The average Bonchev–Trinajstić information content (AvgIpc) is 3.40. The number of hydrogen-bond acceptors (Lipinski definition) is 5. The van der Waals surface area contributed by atoms with Crippen LogP contribution >= 0.6 is 23.2 Å². The van der Waals surface area contributed by atoms with E-state index in [0.717, 1.165) is 12.1 Å². The first-order valence-corrected chi connectivity index (χ1v) is 13.3. The highest BCUT2D eigenvalue weighted by molar-refractivity contribution is 7.91. The van der Waals surface area contributed by atoms with E-state index in [1.807, 2.05) is 0 Å². The molecule has 0 aromatic heterocycles. The predicted octanol–water partition coefficient (Wildman–Crippen LogP) is 5.28. The Kier molecular flexibility index (Phi) is 6.81. The third-order valence-electron chi connectivity index (χ3n) is 6.50. The van der Waals surface area contributed by atoms with Crippen LogP contribution in [0.1, 0.15) is 39.9 Å². The van der Waals surface area contributed by atoms with Gasteiger partial charge in [-0.1, -0.05) is 34.4 Å². The zero-order valence-electron chi connectivity index (χ0n) is 19.0. The summed E-state index contributed by atoms with van der Waals surface area (Å²) < 4.78 is 80.0. The summed E-state index contributed by atoms with van der Waals surface area (Å²) in [6, 6.07) is 5.57. The largest absolute Gasteiger partial charge is 0.435 e. The van der Waals surface area contributed by atoms with Gasteiger partial charge in [0.05, 0.1) is 27.3 Å². The standard InChI is InChI=1S/C23H20Cl2F4N2O4S/c1-12-7-13(3-4-16(12)21(32)31(2)15-5-6-36(33,34)11-15)19-10-22(35-30-19,23(27,28)29)14-8-17(24)20(26)18(25)9-14/h3-4,7-9,15H,5-6,10-11H2,1-2H3. The normalized spacial score (nSPS) is 23.3. The summed E-state index contributed by atoms with van der Waals surface area (Å²) in [5.41, 5.74) is -2.43. The number of carbonyl (C=O) groups excluding carboxylic acids is 1. The highest BCUT2D eigenvalue weighted by Crippen LogP contribution is 2.50. The number of sulfone groups is 1. The lowest BCUT2D eigenvalue weighted by atomic mass is 9.86. The van der Waals surface area contributed by atoms with Gasteiger partial charge in [0.1, 0.15) is 0 Å². The van der Waals surface area contributed by atoms with Crippen molar-refractivity contribution in [1.29, 1.82) is 0 Å². The monoisotopic (exact) mass is 566 g/mol. The lowest BCUT2D eigenvalue weighted by Crippen LogP contribution is -2.42. The predicted molar refractivity (Wildman–Crippen MR) is 127 cm³/mol. The Balaban J connectivity index is 1.61. The fourth-order valence-corrected chi connectivity index (χ4v) is 6.63. The van der Waals surface area contributed by atoms with Gasteiger partial charge in [0.15, 0.2) is 15.7 Å². The van der Waals surface area contributed by atoms with Crippen molar-refractivity contribution in [2.45, 2.75) is 37.6 Å². The molecule has 194 valence electrons. The number of aryl methyl sites for hydroxylation is 1. The van der Waals surface area contributed by atoms with Crippen LogP contribution in [0.15, 0.2) is 35.5 Å². The number of halogens is 6. The first-order valence-electron chi connectivity index (χ1n) is 10.7. The molecule has 2 unspecified atom stereocenters. The van der Waals surface area contributed by atoms with Crippen LogP contribution in [-0.2, 0) is 20.3 Å². The third-order valence-corrected chi connectivity index (χ3v) is 8.80. The van der Waals surface area contributed by atoms with Crippen LogP contribution in [0.4, 0.5) is 17.6 Å². The lowest BCUT2D eigenvalue weighted by Gasteiger charge is -2.29. The minimum Gasteiger partial charge on any atom is -0.374 e. The van der Waals surface area contributed by atoms with Crippen molar-refractivity contribution in [3.8, 4) is 0 Å². The van der Waals surface area contributed by atoms with E-state index in [1.165, 1.54) is 30.1 Å². The minimum absolute atomic E-state index is 0.0124. The fraction of sp³-hybridized carbons (Fsp3) is 0.391. The molecule has 2 aliphatic rings. The number of benzene rings is 2. The Bertz CT molecular complexity index is 1360. The molecule has 2 atom stereocenters. The van der Waals surface area contributed by atoms with Gasteiger partial charge in [-0.3, -0.25) is 4.79 Å². The molecule has 0 saturated carbocycles. The van der Waals surface area contributed by atoms with Gasteiger partial charge in [0, 0.05) is 30.6 Å². The topological polar surface area (TPSA) is 76.0 Å². The fourth-order valence-electron chi connectivity index (χ4n) is 4.37. The molecule has 4 rings (SSSR count). The molecule has 6 nitrogen and oxygen atoms in total. The van der Waals surface area contributed by atoms with Gasteiger partial charge in [-0.2, -0.15) is 13.2 Å². The summed E-state index contributed by atoms with van der Waals surface area (Å²) in [5.74, 6) is -1.55. The molecule has 0 N–H and O–H groups in total. The van der Waals surface area contributed by atoms with Crippen LogP contribution in [0.2, 0.25) is 10.0 Å². The molecule has 2 aliphatic heterocycles. The van der Waals surface area contributed by atoms with E-state index in [-0.39, 0.29) is 22.8 Å².